The van der Waals surface area contributed by atoms with E-state index in [0.717, 1.165) is 28.8 Å². The average molecular weight is 374 g/mol. The van der Waals surface area contributed by atoms with Gasteiger partial charge >= 0.3 is 0 Å². The predicted molar refractivity (Wildman–Crippen MR) is 92.1 cm³/mol. The maximum atomic E-state index is 12.8. The van der Waals surface area contributed by atoms with E-state index >= 15 is 0 Å². The van der Waals surface area contributed by atoms with E-state index in [1.54, 1.807) is 6.07 Å². The molecule has 3 rings (SSSR count). The van der Waals surface area contributed by atoms with Gasteiger partial charge in [0.1, 0.15) is 0 Å². The molecular formula is C15H14ClF2N3S2. The zero-order valence-electron chi connectivity index (χ0n) is 12.4. The number of thiol groups is 1. The van der Waals surface area contributed by atoms with Crippen LogP contribution in [0.2, 0.25) is 5.02 Å². The van der Waals surface area contributed by atoms with Crippen LogP contribution in [0, 0.1) is 5.92 Å². The largest absolute Gasteiger partial charge is 0.311 e. The maximum Gasteiger partial charge on any atom is 0.291 e. The second kappa shape index (κ2) is 6.37. The maximum absolute atomic E-state index is 12.8. The molecule has 0 saturated heterocycles. The molecule has 3 heterocycles. The van der Waals surface area contributed by atoms with Crippen molar-refractivity contribution in [1.82, 2.24) is 14.6 Å². The number of hydrogen-bond acceptors (Lipinski definition) is 4. The van der Waals surface area contributed by atoms with Gasteiger partial charge in [0.2, 0.25) is 0 Å². The summed E-state index contributed by atoms with van der Waals surface area (Å²) >= 11 is 11.6. The molecule has 23 heavy (non-hydrogen) atoms. The van der Waals surface area contributed by atoms with Crippen molar-refractivity contribution in [3.63, 3.8) is 0 Å². The van der Waals surface area contributed by atoms with Crippen molar-refractivity contribution in [2.45, 2.75) is 31.6 Å². The molecule has 0 saturated carbocycles. The van der Waals surface area contributed by atoms with E-state index in [-0.39, 0.29) is 5.01 Å². The lowest BCUT2D eigenvalue weighted by Crippen LogP contribution is -1.94. The van der Waals surface area contributed by atoms with Crippen molar-refractivity contribution < 1.29 is 8.78 Å². The number of rotatable bonds is 4. The first-order valence-corrected chi connectivity index (χ1v) is 8.65. The Hall–Kier alpha value is -1.18. The first-order chi connectivity index (χ1) is 10.9. The van der Waals surface area contributed by atoms with Crippen LogP contribution >= 0.6 is 35.6 Å². The lowest BCUT2D eigenvalue weighted by molar-refractivity contribution is 0.150. The lowest BCUT2D eigenvalue weighted by Gasteiger charge is -2.06. The van der Waals surface area contributed by atoms with Gasteiger partial charge in [-0.3, -0.25) is 0 Å². The SMILES string of the molecule is CC(C)Cc1cc(-c2nnc(C(F)F)s2)n2cc(S)cc(Cl)c12. The Bertz CT molecular complexity index is 858. The molecule has 3 aromatic rings. The Kier molecular flexibility index (Phi) is 4.62. The van der Waals surface area contributed by atoms with Gasteiger partial charge in [-0.2, -0.15) is 0 Å². The fraction of sp³-hybridized carbons (Fsp3) is 0.333. The highest BCUT2D eigenvalue weighted by Crippen LogP contribution is 2.35. The van der Waals surface area contributed by atoms with Crippen molar-refractivity contribution in [2.24, 2.45) is 5.92 Å². The molecule has 3 nitrogen and oxygen atoms in total. The van der Waals surface area contributed by atoms with E-state index in [9.17, 15) is 8.78 Å². The van der Waals surface area contributed by atoms with Crippen molar-refractivity contribution in [3.05, 3.63) is 33.9 Å². The molecule has 0 spiro atoms. The van der Waals surface area contributed by atoms with Gasteiger partial charge in [0.15, 0.2) is 10.0 Å². The third kappa shape index (κ3) is 3.22. The lowest BCUT2D eigenvalue weighted by atomic mass is 10.0. The van der Waals surface area contributed by atoms with E-state index in [1.165, 1.54) is 0 Å². The number of hydrogen-bond donors (Lipinski definition) is 1. The number of nitrogens with zero attached hydrogens (tertiary/aromatic N) is 3. The Labute approximate surface area is 146 Å². The van der Waals surface area contributed by atoms with Gasteiger partial charge < -0.3 is 4.40 Å². The van der Waals surface area contributed by atoms with E-state index < -0.39 is 6.43 Å². The third-order valence-electron chi connectivity index (χ3n) is 3.35. The molecule has 0 aliphatic carbocycles. The average Bonchev–Trinajstić information content (AvgIpc) is 3.03. The normalized spacial score (nSPS) is 12.0. The number of aromatic nitrogens is 3. The molecule has 0 atom stereocenters. The topological polar surface area (TPSA) is 30.2 Å². The zero-order chi connectivity index (χ0) is 16.7. The molecular weight excluding hydrogens is 360 g/mol. The Balaban J connectivity index is 2.23. The van der Waals surface area contributed by atoms with Crippen LogP contribution in [0.5, 0.6) is 0 Å². The highest BCUT2D eigenvalue weighted by molar-refractivity contribution is 7.80. The molecule has 0 aliphatic heterocycles. The highest BCUT2D eigenvalue weighted by atomic mass is 35.5. The van der Waals surface area contributed by atoms with Crippen LogP contribution in [0.1, 0.15) is 30.8 Å². The van der Waals surface area contributed by atoms with Gasteiger partial charge in [-0.05, 0) is 30.0 Å². The van der Waals surface area contributed by atoms with Crippen molar-refractivity contribution in [1.29, 1.82) is 0 Å². The predicted octanol–water partition coefficient (Wildman–Crippen LogP) is 5.54. The molecule has 3 aromatic heterocycles. The quantitative estimate of drug-likeness (QED) is 0.609. The Morgan fingerprint density at radius 3 is 2.65 bits per heavy atom. The summed E-state index contributed by atoms with van der Waals surface area (Å²) in [6.07, 6.45) is 0.0226. The third-order valence-corrected chi connectivity index (χ3v) is 4.84. The smallest absolute Gasteiger partial charge is 0.291 e. The Morgan fingerprint density at radius 1 is 1.30 bits per heavy atom. The van der Waals surface area contributed by atoms with Gasteiger partial charge in [0, 0.05) is 11.1 Å². The molecule has 0 amide bonds. The van der Waals surface area contributed by atoms with E-state index in [4.69, 9.17) is 11.6 Å². The van der Waals surface area contributed by atoms with Crippen molar-refractivity contribution >= 4 is 41.1 Å². The number of pyridine rings is 1. The standard InChI is InChI=1S/C15H14ClF2N3S2/c1-7(2)3-8-4-11(14-19-20-15(23-14)13(17)18)21-6-9(22)5-10(16)12(8)21/h4-7,13,22H,3H2,1-2H3. The minimum atomic E-state index is -2.62. The van der Waals surface area contributed by atoms with Crippen LogP contribution < -0.4 is 0 Å². The second-order valence-corrected chi connectivity index (χ2v) is 7.60. The summed E-state index contributed by atoms with van der Waals surface area (Å²) in [6.45, 7) is 4.23. The van der Waals surface area contributed by atoms with Crippen LogP contribution in [0.3, 0.4) is 0 Å². The molecule has 0 radical (unpaired) electrons. The number of fused-ring (bicyclic) bond motifs is 1. The van der Waals surface area contributed by atoms with Gasteiger partial charge in [-0.1, -0.05) is 36.8 Å². The van der Waals surface area contributed by atoms with Gasteiger partial charge in [-0.25, -0.2) is 8.78 Å². The zero-order valence-corrected chi connectivity index (χ0v) is 14.9. The van der Waals surface area contributed by atoms with E-state index in [2.05, 4.69) is 36.7 Å². The van der Waals surface area contributed by atoms with Gasteiger partial charge in [-0.15, -0.1) is 22.8 Å². The van der Waals surface area contributed by atoms with Crippen molar-refractivity contribution in [2.75, 3.05) is 0 Å². The highest BCUT2D eigenvalue weighted by Gasteiger charge is 2.20. The van der Waals surface area contributed by atoms with Crippen LogP contribution in [-0.4, -0.2) is 14.6 Å². The summed E-state index contributed by atoms with van der Waals surface area (Å²) in [5.41, 5.74) is 2.63. The summed E-state index contributed by atoms with van der Waals surface area (Å²) in [5.74, 6) is 0.437. The molecule has 0 N–H and O–H groups in total. The van der Waals surface area contributed by atoms with E-state index in [1.807, 2.05) is 16.7 Å². The van der Waals surface area contributed by atoms with Crippen LogP contribution in [-0.2, 0) is 6.42 Å². The summed E-state index contributed by atoms with van der Waals surface area (Å²) in [7, 11) is 0. The fourth-order valence-corrected chi connectivity index (χ4v) is 3.90. The Morgan fingerprint density at radius 2 is 2.04 bits per heavy atom. The summed E-state index contributed by atoms with van der Waals surface area (Å²) in [5, 5.41) is 8.22. The first-order valence-electron chi connectivity index (χ1n) is 7.01. The minimum Gasteiger partial charge on any atom is -0.311 e. The molecule has 0 unspecified atom stereocenters. The molecule has 122 valence electrons. The fourth-order valence-electron chi connectivity index (χ4n) is 2.53. The second-order valence-electron chi connectivity index (χ2n) is 5.66. The van der Waals surface area contributed by atoms with Crippen LogP contribution in [0.25, 0.3) is 16.2 Å². The van der Waals surface area contributed by atoms with Crippen molar-refractivity contribution in [3.8, 4) is 10.7 Å². The van der Waals surface area contributed by atoms with Gasteiger partial charge in [0.05, 0.1) is 16.2 Å². The van der Waals surface area contributed by atoms with E-state index in [0.29, 0.717) is 26.5 Å². The molecule has 0 aliphatic rings. The molecule has 0 fully saturated rings. The molecule has 8 heteroatoms. The number of alkyl halides is 2. The van der Waals surface area contributed by atoms with Gasteiger partial charge in [0.25, 0.3) is 6.43 Å². The number of halogens is 3. The van der Waals surface area contributed by atoms with Crippen LogP contribution in [0.15, 0.2) is 23.2 Å². The minimum absolute atomic E-state index is 0.284. The first kappa shape index (κ1) is 16.7. The summed E-state index contributed by atoms with van der Waals surface area (Å²) in [6, 6.07) is 3.72. The summed E-state index contributed by atoms with van der Waals surface area (Å²) < 4.78 is 27.4. The molecule has 0 bridgehead atoms. The molecule has 0 aromatic carbocycles. The summed E-state index contributed by atoms with van der Waals surface area (Å²) in [4.78, 5) is 0.689. The monoisotopic (exact) mass is 373 g/mol. The van der Waals surface area contributed by atoms with Crippen LogP contribution in [0.4, 0.5) is 8.78 Å².